The summed E-state index contributed by atoms with van der Waals surface area (Å²) in [7, 11) is 0. The minimum atomic E-state index is -0.0545. The van der Waals surface area contributed by atoms with Crippen molar-refractivity contribution in [1.82, 2.24) is 15.3 Å². The standard InChI is InChI=1S/C21H23N3O2/c1-14-4-5-18(12-15(14)2)19-13-23-21(26-19)7-6-20(25)24-16(3)17-8-10-22-11-9-17/h4-5,8-13,16H,6-7H2,1-3H3,(H,24,25)/t16-/m1/s1. The number of hydrogen-bond donors (Lipinski definition) is 1. The highest BCUT2D eigenvalue weighted by molar-refractivity contribution is 5.76. The van der Waals surface area contributed by atoms with E-state index in [9.17, 15) is 4.79 Å². The van der Waals surface area contributed by atoms with Crippen molar-refractivity contribution in [3.8, 4) is 11.3 Å². The van der Waals surface area contributed by atoms with Gasteiger partial charge in [0.15, 0.2) is 11.7 Å². The van der Waals surface area contributed by atoms with Crippen LogP contribution in [0.1, 0.15) is 42.0 Å². The summed E-state index contributed by atoms with van der Waals surface area (Å²) in [6, 6.07) is 9.92. The van der Waals surface area contributed by atoms with Gasteiger partial charge < -0.3 is 9.73 Å². The van der Waals surface area contributed by atoms with Crippen LogP contribution in [0.2, 0.25) is 0 Å². The highest BCUT2D eigenvalue weighted by atomic mass is 16.4. The van der Waals surface area contributed by atoms with Crippen molar-refractivity contribution in [2.24, 2.45) is 0 Å². The van der Waals surface area contributed by atoms with Crippen molar-refractivity contribution in [2.75, 3.05) is 0 Å². The average molecular weight is 349 g/mol. The zero-order chi connectivity index (χ0) is 18.5. The number of hydrogen-bond acceptors (Lipinski definition) is 4. The Morgan fingerprint density at radius 2 is 1.92 bits per heavy atom. The summed E-state index contributed by atoms with van der Waals surface area (Å²) >= 11 is 0. The highest BCUT2D eigenvalue weighted by Crippen LogP contribution is 2.23. The molecule has 0 saturated heterocycles. The molecular formula is C21H23N3O2. The first kappa shape index (κ1) is 17.9. The molecule has 0 saturated carbocycles. The van der Waals surface area contributed by atoms with Crippen LogP contribution in [0, 0.1) is 13.8 Å². The van der Waals surface area contributed by atoms with Crippen LogP contribution < -0.4 is 5.32 Å². The minimum Gasteiger partial charge on any atom is -0.441 e. The van der Waals surface area contributed by atoms with E-state index in [1.807, 2.05) is 25.1 Å². The summed E-state index contributed by atoms with van der Waals surface area (Å²) in [6.07, 6.45) is 5.97. The normalized spacial score (nSPS) is 12.0. The predicted molar refractivity (Wildman–Crippen MR) is 101 cm³/mol. The van der Waals surface area contributed by atoms with Crippen LogP contribution in [0.3, 0.4) is 0 Å². The lowest BCUT2D eigenvalue weighted by Gasteiger charge is -2.13. The Balaban J connectivity index is 1.56. The van der Waals surface area contributed by atoms with Gasteiger partial charge in [0.2, 0.25) is 5.91 Å². The molecule has 134 valence electrons. The van der Waals surface area contributed by atoms with Crippen LogP contribution in [0.4, 0.5) is 0 Å². The average Bonchev–Trinajstić information content (AvgIpc) is 3.12. The quantitative estimate of drug-likeness (QED) is 0.725. The number of benzene rings is 1. The molecule has 0 radical (unpaired) electrons. The smallest absolute Gasteiger partial charge is 0.220 e. The second-order valence-electron chi connectivity index (χ2n) is 6.49. The van der Waals surface area contributed by atoms with Gasteiger partial charge in [-0.2, -0.15) is 0 Å². The molecule has 26 heavy (non-hydrogen) atoms. The van der Waals surface area contributed by atoms with Crippen molar-refractivity contribution >= 4 is 5.91 Å². The van der Waals surface area contributed by atoms with E-state index < -0.39 is 0 Å². The maximum atomic E-state index is 12.2. The lowest BCUT2D eigenvalue weighted by molar-refractivity contribution is -0.121. The van der Waals surface area contributed by atoms with Crippen LogP contribution in [0.5, 0.6) is 0 Å². The van der Waals surface area contributed by atoms with E-state index >= 15 is 0 Å². The Labute approximate surface area is 153 Å². The number of aromatic nitrogens is 2. The fourth-order valence-electron chi connectivity index (χ4n) is 2.72. The van der Waals surface area contributed by atoms with E-state index in [0.29, 0.717) is 18.7 Å². The fourth-order valence-corrected chi connectivity index (χ4v) is 2.72. The molecular weight excluding hydrogens is 326 g/mol. The number of nitrogens with one attached hydrogen (secondary N) is 1. The third-order valence-corrected chi connectivity index (χ3v) is 4.49. The molecule has 1 atom stereocenters. The number of aryl methyl sites for hydroxylation is 3. The summed E-state index contributed by atoms with van der Waals surface area (Å²) in [5.41, 5.74) is 4.49. The molecule has 0 aliphatic carbocycles. The first-order valence-electron chi connectivity index (χ1n) is 8.74. The Kier molecular flexibility index (Phi) is 5.46. The maximum Gasteiger partial charge on any atom is 0.220 e. The molecule has 5 heteroatoms. The van der Waals surface area contributed by atoms with Crippen LogP contribution in [0.25, 0.3) is 11.3 Å². The highest BCUT2D eigenvalue weighted by Gasteiger charge is 2.12. The van der Waals surface area contributed by atoms with E-state index in [1.54, 1.807) is 18.6 Å². The van der Waals surface area contributed by atoms with E-state index in [-0.39, 0.29) is 11.9 Å². The van der Waals surface area contributed by atoms with Crippen LogP contribution in [-0.4, -0.2) is 15.9 Å². The van der Waals surface area contributed by atoms with Crippen molar-refractivity contribution in [1.29, 1.82) is 0 Å². The van der Waals surface area contributed by atoms with E-state index in [2.05, 4.69) is 41.3 Å². The number of amides is 1. The molecule has 1 N–H and O–H groups in total. The van der Waals surface area contributed by atoms with Gasteiger partial charge in [-0.25, -0.2) is 4.98 Å². The van der Waals surface area contributed by atoms with Crippen molar-refractivity contribution < 1.29 is 9.21 Å². The summed E-state index contributed by atoms with van der Waals surface area (Å²) < 4.78 is 5.81. The predicted octanol–water partition coefficient (Wildman–Crippen LogP) is 4.16. The number of nitrogens with zero attached hydrogens (tertiary/aromatic N) is 2. The third kappa shape index (κ3) is 4.36. The van der Waals surface area contributed by atoms with E-state index in [0.717, 1.165) is 16.9 Å². The van der Waals surface area contributed by atoms with Crippen molar-refractivity contribution in [3.63, 3.8) is 0 Å². The lowest BCUT2D eigenvalue weighted by Crippen LogP contribution is -2.26. The zero-order valence-corrected chi connectivity index (χ0v) is 15.3. The van der Waals surface area contributed by atoms with Gasteiger partial charge in [0.05, 0.1) is 12.2 Å². The molecule has 0 aliphatic heterocycles. The molecule has 5 nitrogen and oxygen atoms in total. The molecule has 0 unspecified atom stereocenters. The molecule has 0 bridgehead atoms. The van der Waals surface area contributed by atoms with Gasteiger partial charge in [0.1, 0.15) is 0 Å². The molecule has 0 fully saturated rings. The Morgan fingerprint density at radius 3 is 2.65 bits per heavy atom. The first-order chi connectivity index (χ1) is 12.5. The van der Waals surface area contributed by atoms with Gasteiger partial charge in [-0.15, -0.1) is 0 Å². The maximum absolute atomic E-state index is 12.2. The Bertz CT molecular complexity index is 887. The zero-order valence-electron chi connectivity index (χ0n) is 15.3. The van der Waals surface area contributed by atoms with E-state index in [1.165, 1.54) is 11.1 Å². The molecule has 0 aliphatic rings. The summed E-state index contributed by atoms with van der Waals surface area (Å²) in [4.78, 5) is 20.4. The molecule has 1 aromatic carbocycles. The third-order valence-electron chi connectivity index (χ3n) is 4.49. The van der Waals surface area contributed by atoms with Gasteiger partial charge in [-0.1, -0.05) is 12.1 Å². The number of oxazole rings is 1. The second kappa shape index (κ2) is 7.95. The number of pyridine rings is 1. The number of carbonyl (C=O) groups is 1. The Morgan fingerprint density at radius 1 is 1.15 bits per heavy atom. The molecule has 2 heterocycles. The van der Waals surface area contributed by atoms with Crippen molar-refractivity contribution in [3.05, 3.63) is 71.5 Å². The van der Waals surface area contributed by atoms with Gasteiger partial charge in [0, 0.05) is 30.8 Å². The molecule has 3 aromatic rings. The first-order valence-corrected chi connectivity index (χ1v) is 8.74. The van der Waals surface area contributed by atoms with E-state index in [4.69, 9.17) is 4.42 Å². The van der Waals surface area contributed by atoms with Crippen LogP contribution in [0.15, 0.2) is 53.3 Å². The second-order valence-corrected chi connectivity index (χ2v) is 6.49. The minimum absolute atomic E-state index is 0.0276. The van der Waals surface area contributed by atoms with Gasteiger partial charge in [-0.05, 0) is 55.7 Å². The van der Waals surface area contributed by atoms with Gasteiger partial charge >= 0.3 is 0 Å². The molecule has 3 rings (SSSR count). The topological polar surface area (TPSA) is 68.0 Å². The SMILES string of the molecule is Cc1ccc(-c2cnc(CCC(=O)N[C@H](C)c3ccncc3)o2)cc1C. The Hall–Kier alpha value is -2.95. The van der Waals surface area contributed by atoms with Crippen molar-refractivity contribution in [2.45, 2.75) is 39.7 Å². The monoisotopic (exact) mass is 349 g/mol. The number of rotatable bonds is 6. The summed E-state index contributed by atoms with van der Waals surface area (Å²) in [5.74, 6) is 1.28. The van der Waals surface area contributed by atoms with Gasteiger partial charge in [0.25, 0.3) is 0 Å². The summed E-state index contributed by atoms with van der Waals surface area (Å²) in [5, 5.41) is 2.98. The van der Waals surface area contributed by atoms with Gasteiger partial charge in [-0.3, -0.25) is 9.78 Å². The molecule has 2 aromatic heterocycles. The number of carbonyl (C=O) groups excluding carboxylic acids is 1. The summed E-state index contributed by atoms with van der Waals surface area (Å²) in [6.45, 7) is 6.11. The molecule has 0 spiro atoms. The lowest BCUT2D eigenvalue weighted by atomic mass is 10.1. The fraction of sp³-hybridized carbons (Fsp3) is 0.286. The largest absolute Gasteiger partial charge is 0.441 e. The van der Waals surface area contributed by atoms with Crippen LogP contribution >= 0.6 is 0 Å². The molecule has 1 amide bonds. The van der Waals surface area contributed by atoms with Crippen LogP contribution in [-0.2, 0) is 11.2 Å².